The maximum atomic E-state index is 5.81. The van der Waals surface area contributed by atoms with Gasteiger partial charge in [-0.05, 0) is 45.8 Å². The van der Waals surface area contributed by atoms with Crippen molar-refractivity contribution in [1.82, 2.24) is 0 Å². The third-order valence-corrected chi connectivity index (χ3v) is 5.13. The average molecular weight is 345 g/mol. The zero-order valence-corrected chi connectivity index (χ0v) is 17.2. The van der Waals surface area contributed by atoms with E-state index in [1.165, 1.54) is 44.9 Å². The lowest BCUT2D eigenvalue weighted by Gasteiger charge is -2.17. The van der Waals surface area contributed by atoms with Crippen molar-refractivity contribution in [2.75, 3.05) is 6.61 Å². The molecule has 0 aliphatic heterocycles. The summed E-state index contributed by atoms with van der Waals surface area (Å²) in [5.74, 6) is 0. The number of rotatable bonds is 16. The molecule has 0 saturated carbocycles. The molecule has 0 fully saturated rings. The number of hydrogen-bond donors (Lipinski definition) is 0. The second-order valence-electron chi connectivity index (χ2n) is 5.26. The summed E-state index contributed by atoms with van der Waals surface area (Å²) >= 11 is 0. The second-order valence-corrected chi connectivity index (χ2v) is 7.25. The fraction of sp³-hybridized carbons (Fsp3) is 1.00. The van der Waals surface area contributed by atoms with E-state index in [2.05, 4.69) is 26.6 Å². The van der Waals surface area contributed by atoms with Gasteiger partial charge in [0.15, 0.2) is 0 Å². The Kier molecular flexibility index (Phi) is 17.3. The second kappa shape index (κ2) is 16.9. The Balaban J connectivity index is 3.44. The van der Waals surface area contributed by atoms with Crippen LogP contribution in [0.15, 0.2) is 0 Å². The molecule has 0 heterocycles. The van der Waals surface area contributed by atoms with Gasteiger partial charge in [-0.1, -0.05) is 32.1 Å². The summed E-state index contributed by atoms with van der Waals surface area (Å²) < 4.78 is 16.8. The van der Waals surface area contributed by atoms with Crippen molar-refractivity contribution in [2.45, 2.75) is 90.1 Å². The Morgan fingerprint density at radius 1 is 0.714 bits per heavy atom. The van der Waals surface area contributed by atoms with Crippen LogP contribution in [0, 0.1) is 0 Å². The maximum Gasteiger partial charge on any atom is 0.226 e. The van der Waals surface area contributed by atoms with E-state index < -0.39 is 0 Å². The van der Waals surface area contributed by atoms with Crippen molar-refractivity contribution in [1.29, 1.82) is 0 Å². The largest absolute Gasteiger partial charge is 0.418 e. The van der Waals surface area contributed by atoms with Crippen molar-refractivity contribution >= 4 is 29.3 Å². The highest BCUT2D eigenvalue weighted by Gasteiger charge is 2.08. The molecule has 0 aliphatic rings. The van der Waals surface area contributed by atoms with Gasteiger partial charge >= 0.3 is 0 Å². The summed E-state index contributed by atoms with van der Waals surface area (Å²) in [6.07, 6.45) is 10.9. The van der Waals surface area contributed by atoms with E-state index in [-0.39, 0.29) is 0 Å². The average Bonchev–Trinajstić information content (AvgIpc) is 2.46. The first-order valence-electron chi connectivity index (χ1n) is 8.17. The molecular formula is C15H32O3Si3. The maximum absolute atomic E-state index is 5.81. The van der Waals surface area contributed by atoms with Gasteiger partial charge in [0.2, 0.25) is 29.3 Å². The predicted octanol–water partition coefficient (Wildman–Crippen LogP) is 3.92. The molecule has 0 aromatic heterocycles. The van der Waals surface area contributed by atoms with Crippen LogP contribution in [-0.4, -0.2) is 48.1 Å². The van der Waals surface area contributed by atoms with Gasteiger partial charge in [-0.15, -0.1) is 0 Å². The van der Waals surface area contributed by atoms with E-state index in [1.54, 1.807) is 0 Å². The summed E-state index contributed by atoms with van der Waals surface area (Å²) in [6.45, 7) is 9.31. The molecule has 0 aromatic rings. The highest BCUT2D eigenvalue weighted by molar-refractivity contribution is 6.25. The molecule has 6 heteroatoms. The molecule has 0 rings (SSSR count). The van der Waals surface area contributed by atoms with Gasteiger partial charge in [0, 0.05) is 18.8 Å². The monoisotopic (exact) mass is 344 g/mol. The van der Waals surface area contributed by atoms with Crippen LogP contribution in [-0.2, 0) is 13.3 Å². The van der Waals surface area contributed by atoms with Crippen LogP contribution in [0.1, 0.15) is 58.3 Å². The lowest BCUT2D eigenvalue weighted by atomic mass is 10.0. The smallest absolute Gasteiger partial charge is 0.226 e. The fourth-order valence-corrected chi connectivity index (χ4v) is 3.73. The van der Waals surface area contributed by atoms with Crippen molar-refractivity contribution in [3.63, 3.8) is 0 Å². The third kappa shape index (κ3) is 15.2. The molecule has 6 radical (unpaired) electrons. The molecular weight excluding hydrogens is 312 g/mol. The quantitative estimate of drug-likeness (QED) is 0.314. The molecule has 0 spiro atoms. The number of hydrogen-bond acceptors (Lipinski definition) is 3. The standard InChI is InChI=1S/C15H32O3Si3/c1-14(17-20-3)10-8-6-5-7-9-11-15(18-21-4)12-13-16-19-2/h14-15H,5-13H2,1-4H3. The highest BCUT2D eigenvalue weighted by Crippen LogP contribution is 2.13. The SMILES string of the molecule is C[Si]OCCC(CCCCCCCC(C)O[Si]C)O[Si]C. The highest BCUT2D eigenvalue weighted by atomic mass is 28.2. The minimum Gasteiger partial charge on any atom is -0.418 e. The van der Waals surface area contributed by atoms with E-state index >= 15 is 0 Å². The first-order valence-corrected chi connectivity index (χ1v) is 12.4. The van der Waals surface area contributed by atoms with Crippen LogP contribution >= 0.6 is 0 Å². The van der Waals surface area contributed by atoms with Gasteiger partial charge in [-0.25, -0.2) is 0 Å². The van der Waals surface area contributed by atoms with Gasteiger partial charge in [0.1, 0.15) is 0 Å². The zero-order valence-electron chi connectivity index (χ0n) is 14.2. The first kappa shape index (κ1) is 21.5. The summed E-state index contributed by atoms with van der Waals surface area (Å²) in [6, 6.07) is 0. The molecule has 0 amide bonds. The van der Waals surface area contributed by atoms with Crippen molar-refractivity contribution in [3.05, 3.63) is 0 Å². The van der Waals surface area contributed by atoms with Crippen LogP contribution in [0.5, 0.6) is 0 Å². The van der Waals surface area contributed by atoms with Gasteiger partial charge < -0.3 is 13.3 Å². The molecule has 0 N–H and O–H groups in total. The molecule has 0 aliphatic carbocycles. The molecule has 0 saturated heterocycles. The van der Waals surface area contributed by atoms with Gasteiger partial charge in [0.25, 0.3) is 0 Å². The number of unbranched alkanes of at least 4 members (excludes halogenated alkanes) is 4. The van der Waals surface area contributed by atoms with E-state index in [9.17, 15) is 0 Å². The van der Waals surface area contributed by atoms with Crippen LogP contribution in [0.2, 0.25) is 19.6 Å². The first-order chi connectivity index (χ1) is 10.2. The van der Waals surface area contributed by atoms with Crippen molar-refractivity contribution < 1.29 is 13.3 Å². The van der Waals surface area contributed by atoms with E-state index in [0.717, 1.165) is 13.0 Å². The lowest BCUT2D eigenvalue weighted by molar-refractivity contribution is 0.159. The van der Waals surface area contributed by atoms with E-state index in [4.69, 9.17) is 13.3 Å². The summed E-state index contributed by atoms with van der Waals surface area (Å²) in [5, 5.41) is 0. The normalized spacial score (nSPS) is 14.3. The van der Waals surface area contributed by atoms with Crippen LogP contribution < -0.4 is 0 Å². The predicted molar refractivity (Wildman–Crippen MR) is 93.2 cm³/mol. The van der Waals surface area contributed by atoms with Gasteiger partial charge in [-0.2, -0.15) is 0 Å². The Hall–Kier alpha value is 0.531. The summed E-state index contributed by atoms with van der Waals surface area (Å²) in [5.41, 5.74) is 0. The zero-order chi connectivity index (χ0) is 15.8. The third-order valence-electron chi connectivity index (χ3n) is 3.43. The summed E-state index contributed by atoms with van der Waals surface area (Å²) in [4.78, 5) is 0. The molecule has 0 bridgehead atoms. The van der Waals surface area contributed by atoms with E-state index in [1.807, 2.05) is 0 Å². The molecule has 122 valence electrons. The van der Waals surface area contributed by atoms with Crippen molar-refractivity contribution in [3.8, 4) is 0 Å². The Labute approximate surface area is 139 Å². The van der Waals surface area contributed by atoms with Gasteiger partial charge in [-0.3, -0.25) is 0 Å². The molecule has 2 atom stereocenters. The van der Waals surface area contributed by atoms with Gasteiger partial charge in [0.05, 0.1) is 0 Å². The van der Waals surface area contributed by atoms with Crippen molar-refractivity contribution in [2.24, 2.45) is 0 Å². The van der Waals surface area contributed by atoms with Crippen LogP contribution in [0.25, 0.3) is 0 Å². The molecule has 3 nitrogen and oxygen atoms in total. The van der Waals surface area contributed by atoms with E-state index in [0.29, 0.717) is 41.5 Å². The molecule has 2 unspecified atom stereocenters. The minimum atomic E-state index is 0.406. The van der Waals surface area contributed by atoms with Crippen LogP contribution in [0.3, 0.4) is 0 Å². The lowest BCUT2D eigenvalue weighted by Crippen LogP contribution is -2.17. The molecule has 0 aromatic carbocycles. The topological polar surface area (TPSA) is 27.7 Å². The Morgan fingerprint density at radius 3 is 1.95 bits per heavy atom. The molecule has 21 heavy (non-hydrogen) atoms. The summed E-state index contributed by atoms with van der Waals surface area (Å²) in [7, 11) is 1.81. The Morgan fingerprint density at radius 2 is 1.33 bits per heavy atom. The van der Waals surface area contributed by atoms with Crippen LogP contribution in [0.4, 0.5) is 0 Å². The fourth-order valence-electron chi connectivity index (χ4n) is 2.32. The minimum absolute atomic E-state index is 0.406. The Bertz CT molecular complexity index is 209.